The van der Waals surface area contributed by atoms with Gasteiger partial charge in [-0.2, -0.15) is 13.2 Å². The summed E-state index contributed by atoms with van der Waals surface area (Å²) in [5.41, 5.74) is -2.40. The van der Waals surface area contributed by atoms with Gasteiger partial charge in [-0.05, 0) is 43.6 Å². The number of hydrogen-bond donors (Lipinski definition) is 0. The van der Waals surface area contributed by atoms with Crippen LogP contribution in [0.5, 0.6) is 0 Å². The van der Waals surface area contributed by atoms with Gasteiger partial charge in [-0.15, -0.1) is 0 Å². The average molecular weight is 458 g/mol. The van der Waals surface area contributed by atoms with Crippen LogP contribution in [0.25, 0.3) is 0 Å². The van der Waals surface area contributed by atoms with Crippen LogP contribution >= 0.6 is 0 Å². The fourth-order valence-electron chi connectivity index (χ4n) is 2.85. The Hall–Kier alpha value is -1.45. The summed E-state index contributed by atoms with van der Waals surface area (Å²) in [5, 5.41) is 0. The predicted octanol–water partition coefficient (Wildman–Crippen LogP) is 5.67. The minimum absolute atomic E-state index is 0.0163. The number of nitrogens with zero attached hydrogens (tertiary/aromatic N) is 1. The van der Waals surface area contributed by atoms with Crippen molar-refractivity contribution >= 4 is 10.1 Å². The van der Waals surface area contributed by atoms with E-state index < -0.39 is 28.2 Å². The summed E-state index contributed by atoms with van der Waals surface area (Å²) in [7, 11) is -4.89. The smallest absolute Gasteiger partial charge is 0.389 e. The van der Waals surface area contributed by atoms with E-state index in [1.807, 2.05) is 24.3 Å². The van der Waals surface area contributed by atoms with Crippen molar-refractivity contribution in [1.29, 1.82) is 0 Å². The van der Waals surface area contributed by atoms with E-state index in [0.29, 0.717) is 19.3 Å². The topological polar surface area (TPSA) is 57.2 Å². The van der Waals surface area contributed by atoms with E-state index in [1.54, 1.807) is 0 Å². The number of alkyl halides is 4. The lowest BCUT2D eigenvalue weighted by Crippen LogP contribution is -2.48. The Morgan fingerprint density at radius 1 is 0.800 bits per heavy atom. The Balaban J connectivity index is 0. The molecule has 1 unspecified atom stereocenters. The molecule has 9 heteroatoms. The van der Waals surface area contributed by atoms with Crippen LogP contribution in [0.4, 0.5) is 17.6 Å². The highest BCUT2D eigenvalue weighted by Crippen LogP contribution is 2.23. The highest BCUT2D eigenvalue weighted by molar-refractivity contribution is 7.86. The van der Waals surface area contributed by atoms with Crippen molar-refractivity contribution in [3.8, 4) is 0 Å². The summed E-state index contributed by atoms with van der Waals surface area (Å²) >= 11 is 0. The molecule has 0 spiro atoms. The fourth-order valence-corrected chi connectivity index (χ4v) is 3.30. The summed E-state index contributed by atoms with van der Waals surface area (Å²) in [5.74, 6) is 0. The van der Waals surface area contributed by atoms with Crippen LogP contribution in [0, 0.1) is 0 Å². The summed E-state index contributed by atoms with van der Waals surface area (Å²) in [6.07, 6.45) is 3.85. The molecule has 0 fully saturated rings. The first-order chi connectivity index (χ1) is 13.9. The van der Waals surface area contributed by atoms with Crippen molar-refractivity contribution in [2.45, 2.75) is 56.6 Å². The molecule has 0 aliphatic rings. The van der Waals surface area contributed by atoms with Gasteiger partial charge in [0.1, 0.15) is 10.1 Å². The number of halogens is 4. The lowest BCUT2D eigenvalue weighted by Gasteiger charge is -2.35. The number of quaternary nitrogens is 1. The molecule has 0 aliphatic carbocycles. The zero-order valence-corrected chi connectivity index (χ0v) is 18.4. The van der Waals surface area contributed by atoms with E-state index >= 15 is 0 Å². The maximum absolute atomic E-state index is 12.6. The van der Waals surface area contributed by atoms with E-state index in [4.69, 9.17) is 0 Å². The third-order valence-electron chi connectivity index (χ3n) is 4.27. The highest BCUT2D eigenvalue weighted by atomic mass is 32.2. The summed E-state index contributed by atoms with van der Waals surface area (Å²) in [4.78, 5) is 0. The number of rotatable bonds is 16. The molecular formula is C21H35F4NO3S. The quantitative estimate of drug-likeness (QED) is 0.0987. The lowest BCUT2D eigenvalue weighted by molar-refractivity contribution is -0.906. The Bertz CT molecular complexity index is 558. The van der Waals surface area contributed by atoms with Gasteiger partial charge in [0, 0.05) is 6.42 Å². The van der Waals surface area contributed by atoms with E-state index in [-0.39, 0.29) is 19.3 Å². The van der Waals surface area contributed by atoms with Crippen LogP contribution in [-0.2, 0) is 10.1 Å². The third-order valence-corrected chi connectivity index (χ3v) is 5.13. The molecule has 0 N–H and O–H groups in total. The van der Waals surface area contributed by atoms with Gasteiger partial charge in [0.25, 0.3) is 0 Å². The summed E-state index contributed by atoms with van der Waals surface area (Å²) in [6.45, 7) is 18.8. The molecule has 176 valence electrons. The van der Waals surface area contributed by atoms with Crippen LogP contribution in [0.15, 0.2) is 50.6 Å². The van der Waals surface area contributed by atoms with Gasteiger partial charge >= 0.3 is 6.18 Å². The van der Waals surface area contributed by atoms with Gasteiger partial charge in [-0.1, -0.05) is 45.6 Å². The van der Waals surface area contributed by atoms with E-state index in [0.717, 1.165) is 30.7 Å². The maximum Gasteiger partial charge on any atom is 0.389 e. The molecule has 0 saturated heterocycles. The van der Waals surface area contributed by atoms with Crippen LogP contribution in [-0.4, -0.2) is 55.3 Å². The predicted molar refractivity (Wildman–Crippen MR) is 113 cm³/mol. The first-order valence-corrected chi connectivity index (χ1v) is 11.3. The first-order valence-electron chi connectivity index (χ1n) is 9.81. The van der Waals surface area contributed by atoms with Gasteiger partial charge in [-0.25, -0.2) is 12.8 Å². The molecule has 30 heavy (non-hydrogen) atoms. The van der Waals surface area contributed by atoms with Crippen molar-refractivity contribution < 1.29 is 35.0 Å². The molecule has 0 radical (unpaired) electrons. The molecule has 0 saturated carbocycles. The van der Waals surface area contributed by atoms with Crippen molar-refractivity contribution in [2.24, 2.45) is 0 Å². The Morgan fingerprint density at radius 3 is 1.50 bits per heavy atom. The molecule has 1 atom stereocenters. The maximum atomic E-state index is 12.6. The van der Waals surface area contributed by atoms with Crippen molar-refractivity contribution in [3.05, 3.63) is 50.6 Å². The summed E-state index contributed by atoms with van der Waals surface area (Å²) in [6, 6.07) is 0. The Kier molecular flexibility index (Phi) is 16.7. The molecule has 4 nitrogen and oxygen atoms in total. The number of hydrogen-bond acceptors (Lipinski definition) is 3. The summed E-state index contributed by atoms with van der Waals surface area (Å²) < 4.78 is 79.1. The molecule has 0 aromatic carbocycles. The van der Waals surface area contributed by atoms with Crippen LogP contribution in [0.3, 0.4) is 0 Å². The van der Waals surface area contributed by atoms with Crippen LogP contribution < -0.4 is 0 Å². The minimum atomic E-state index is -4.89. The molecule has 0 rings (SSSR count). The zero-order chi connectivity index (χ0) is 23.7. The van der Waals surface area contributed by atoms with Gasteiger partial charge in [0.15, 0.2) is 5.50 Å². The average Bonchev–Trinajstić information content (AvgIpc) is 2.60. The van der Waals surface area contributed by atoms with Gasteiger partial charge in [-0.3, -0.25) is 0 Å². The van der Waals surface area contributed by atoms with Crippen LogP contribution in [0.2, 0.25) is 0 Å². The van der Waals surface area contributed by atoms with Crippen molar-refractivity contribution in [3.63, 3.8) is 0 Å². The second-order valence-corrected chi connectivity index (χ2v) is 8.55. The first kappa shape index (κ1) is 30.7. The van der Waals surface area contributed by atoms with Gasteiger partial charge in [0.05, 0.1) is 26.2 Å². The Labute approximate surface area is 179 Å². The standard InChI is InChI=1S/C12H20N.C9H16F4O3S/c1-5-9-13(10-6-2,11-7-3)12-8-4;10-8(17(14,15)16)6-4-2-1-3-5-7-9(11,12)13/h5-8H,1-4,9-12H2;8H,1-7H2,(H,14,15,16)/q+1;/p-1. The second kappa shape index (κ2) is 16.3. The largest absolute Gasteiger partial charge is 0.746 e. The van der Waals surface area contributed by atoms with Crippen molar-refractivity contribution in [2.75, 3.05) is 26.2 Å². The van der Waals surface area contributed by atoms with Gasteiger partial charge in [0.2, 0.25) is 0 Å². The second-order valence-electron chi connectivity index (χ2n) is 7.05. The van der Waals surface area contributed by atoms with E-state index in [1.165, 1.54) is 0 Å². The molecule has 0 aromatic heterocycles. The Morgan fingerprint density at radius 2 is 1.17 bits per heavy atom. The lowest BCUT2D eigenvalue weighted by atomic mass is 10.1. The van der Waals surface area contributed by atoms with Gasteiger partial charge < -0.3 is 9.04 Å². The third kappa shape index (κ3) is 17.4. The molecule has 0 heterocycles. The fraction of sp³-hybridized carbons (Fsp3) is 0.619. The zero-order valence-electron chi connectivity index (χ0n) is 17.6. The molecule has 0 bridgehead atoms. The normalized spacial score (nSPS) is 13.0. The molecule has 0 aromatic rings. The van der Waals surface area contributed by atoms with E-state index in [2.05, 4.69) is 26.3 Å². The molecule has 0 aliphatic heterocycles. The minimum Gasteiger partial charge on any atom is -0.746 e. The van der Waals surface area contributed by atoms with Crippen molar-refractivity contribution in [1.82, 2.24) is 0 Å². The molecular weight excluding hydrogens is 422 g/mol. The molecule has 0 amide bonds. The highest BCUT2D eigenvalue weighted by Gasteiger charge is 2.25. The number of unbranched alkanes of at least 4 members (excludes halogenated alkanes) is 4. The SMILES string of the molecule is C=CC[N+](CC=C)(CC=C)CC=C.O=S(=O)([O-])C(F)CCCCCCCC(F)(F)F. The monoisotopic (exact) mass is 457 g/mol. The van der Waals surface area contributed by atoms with E-state index in [9.17, 15) is 30.5 Å². The van der Waals surface area contributed by atoms with Crippen LogP contribution in [0.1, 0.15) is 44.9 Å².